The average molecular weight is 424 g/mol. The SMILES string of the molecule is COC(=O)c1cc(NC(=O)[C@@H]2CC(=O)N(CCc3ccccc3)C2)cc(C(=O)OC)c1. The van der Waals surface area contributed by atoms with Crippen molar-refractivity contribution in [1.82, 2.24) is 4.90 Å². The first kappa shape index (κ1) is 22.0. The molecule has 1 N–H and O–H groups in total. The summed E-state index contributed by atoms with van der Waals surface area (Å²) in [4.78, 5) is 50.6. The van der Waals surface area contributed by atoms with E-state index in [9.17, 15) is 19.2 Å². The number of esters is 2. The lowest BCUT2D eigenvalue weighted by Crippen LogP contribution is -2.30. The highest BCUT2D eigenvalue weighted by Gasteiger charge is 2.34. The van der Waals surface area contributed by atoms with Gasteiger partial charge in [0.15, 0.2) is 0 Å². The summed E-state index contributed by atoms with van der Waals surface area (Å²) in [6.45, 7) is 0.856. The molecule has 162 valence electrons. The van der Waals surface area contributed by atoms with Crippen molar-refractivity contribution in [2.75, 3.05) is 32.6 Å². The molecule has 1 atom stereocenters. The second-order valence-electron chi connectivity index (χ2n) is 7.25. The van der Waals surface area contributed by atoms with Crippen LogP contribution in [0.5, 0.6) is 0 Å². The average Bonchev–Trinajstić information content (AvgIpc) is 3.17. The van der Waals surface area contributed by atoms with Crippen LogP contribution in [0.15, 0.2) is 48.5 Å². The van der Waals surface area contributed by atoms with Crippen molar-refractivity contribution in [1.29, 1.82) is 0 Å². The monoisotopic (exact) mass is 424 g/mol. The normalized spacial score (nSPS) is 15.5. The second kappa shape index (κ2) is 9.88. The van der Waals surface area contributed by atoms with Crippen LogP contribution in [-0.2, 0) is 25.5 Å². The molecule has 2 aromatic carbocycles. The number of nitrogens with one attached hydrogen (secondary N) is 1. The maximum absolute atomic E-state index is 12.8. The van der Waals surface area contributed by atoms with E-state index in [1.165, 1.54) is 32.4 Å². The molecule has 31 heavy (non-hydrogen) atoms. The summed E-state index contributed by atoms with van der Waals surface area (Å²) in [5.74, 6) is -2.25. The van der Waals surface area contributed by atoms with E-state index >= 15 is 0 Å². The van der Waals surface area contributed by atoms with Crippen LogP contribution >= 0.6 is 0 Å². The van der Waals surface area contributed by atoms with Crippen molar-refractivity contribution in [3.05, 3.63) is 65.2 Å². The number of ether oxygens (including phenoxy) is 2. The van der Waals surface area contributed by atoms with E-state index < -0.39 is 17.9 Å². The minimum atomic E-state index is -0.649. The molecule has 1 aliphatic heterocycles. The number of rotatable bonds is 7. The predicted molar refractivity (Wildman–Crippen MR) is 113 cm³/mol. The number of hydrogen-bond donors (Lipinski definition) is 1. The first-order valence-corrected chi connectivity index (χ1v) is 9.85. The number of nitrogens with zero attached hydrogens (tertiary/aromatic N) is 1. The standard InChI is InChI=1S/C23H24N2O6/c1-30-22(28)16-10-17(23(29)31-2)12-19(11-16)24-21(27)18-13-20(26)25(14-18)9-8-15-6-4-3-5-7-15/h3-7,10-12,18H,8-9,13-14H2,1-2H3,(H,24,27)/t18-/m1/s1. The van der Waals surface area contributed by atoms with Gasteiger partial charge in [0.05, 0.1) is 31.3 Å². The molecule has 1 fully saturated rings. The van der Waals surface area contributed by atoms with Gasteiger partial charge in [-0.3, -0.25) is 9.59 Å². The number of amides is 2. The van der Waals surface area contributed by atoms with Gasteiger partial charge in [-0.2, -0.15) is 0 Å². The maximum Gasteiger partial charge on any atom is 0.337 e. The fourth-order valence-electron chi connectivity index (χ4n) is 3.49. The molecule has 1 aliphatic rings. The minimum Gasteiger partial charge on any atom is -0.465 e. The molecule has 0 bridgehead atoms. The van der Waals surface area contributed by atoms with E-state index in [1.54, 1.807) is 4.90 Å². The number of likely N-dealkylation sites (tertiary alicyclic amines) is 1. The predicted octanol–water partition coefficient (Wildman–Crippen LogP) is 2.29. The summed E-state index contributed by atoms with van der Waals surface area (Å²) in [5, 5.41) is 2.70. The Balaban J connectivity index is 1.67. The highest BCUT2D eigenvalue weighted by Crippen LogP contribution is 2.22. The summed E-state index contributed by atoms with van der Waals surface area (Å²) < 4.78 is 9.40. The van der Waals surface area contributed by atoms with E-state index in [-0.39, 0.29) is 35.0 Å². The lowest BCUT2D eigenvalue weighted by molar-refractivity contribution is -0.128. The molecule has 2 aromatic rings. The van der Waals surface area contributed by atoms with Gasteiger partial charge in [0.1, 0.15) is 0 Å². The van der Waals surface area contributed by atoms with Crippen LogP contribution in [0.4, 0.5) is 5.69 Å². The Hall–Kier alpha value is -3.68. The Kier molecular flexibility index (Phi) is 7.02. The molecule has 2 amide bonds. The van der Waals surface area contributed by atoms with Gasteiger partial charge in [-0.25, -0.2) is 9.59 Å². The molecule has 0 aliphatic carbocycles. The first-order valence-electron chi connectivity index (χ1n) is 9.85. The molecule has 0 spiro atoms. The van der Waals surface area contributed by atoms with Crippen LogP contribution in [-0.4, -0.2) is 56.0 Å². The van der Waals surface area contributed by atoms with Crippen molar-refractivity contribution in [3.8, 4) is 0 Å². The van der Waals surface area contributed by atoms with Gasteiger partial charge in [0, 0.05) is 25.2 Å². The van der Waals surface area contributed by atoms with Gasteiger partial charge in [-0.15, -0.1) is 0 Å². The van der Waals surface area contributed by atoms with Crippen molar-refractivity contribution in [2.45, 2.75) is 12.8 Å². The Bertz CT molecular complexity index is 955. The van der Waals surface area contributed by atoms with E-state index in [4.69, 9.17) is 9.47 Å². The topological polar surface area (TPSA) is 102 Å². The van der Waals surface area contributed by atoms with Crippen LogP contribution in [0.25, 0.3) is 0 Å². The Morgan fingerprint density at radius 2 is 1.61 bits per heavy atom. The fraction of sp³-hybridized carbons (Fsp3) is 0.304. The number of carbonyl (C=O) groups is 4. The first-order chi connectivity index (χ1) is 14.9. The molecule has 3 rings (SSSR count). The number of methoxy groups -OCH3 is 2. The van der Waals surface area contributed by atoms with Gasteiger partial charge < -0.3 is 19.7 Å². The summed E-state index contributed by atoms with van der Waals surface area (Å²) in [6, 6.07) is 14.0. The number of anilines is 1. The number of hydrogen-bond acceptors (Lipinski definition) is 6. The lowest BCUT2D eigenvalue weighted by Gasteiger charge is -2.17. The van der Waals surface area contributed by atoms with Gasteiger partial charge in [0.25, 0.3) is 0 Å². The van der Waals surface area contributed by atoms with Crippen molar-refractivity contribution in [3.63, 3.8) is 0 Å². The molecule has 0 radical (unpaired) electrons. The molecule has 8 heteroatoms. The Morgan fingerprint density at radius 3 is 2.19 bits per heavy atom. The zero-order valence-corrected chi connectivity index (χ0v) is 17.4. The molecule has 0 aromatic heterocycles. The van der Waals surface area contributed by atoms with Crippen LogP contribution < -0.4 is 5.32 Å². The summed E-state index contributed by atoms with van der Waals surface area (Å²) in [7, 11) is 2.44. The van der Waals surface area contributed by atoms with Crippen LogP contribution in [0.3, 0.4) is 0 Å². The third-order valence-corrected chi connectivity index (χ3v) is 5.14. The van der Waals surface area contributed by atoms with Crippen LogP contribution in [0.1, 0.15) is 32.7 Å². The summed E-state index contributed by atoms with van der Waals surface area (Å²) >= 11 is 0. The van der Waals surface area contributed by atoms with E-state index in [0.29, 0.717) is 19.5 Å². The third-order valence-electron chi connectivity index (χ3n) is 5.14. The number of carbonyl (C=O) groups excluding carboxylic acids is 4. The summed E-state index contributed by atoms with van der Waals surface area (Å²) in [6.07, 6.45) is 0.825. The van der Waals surface area contributed by atoms with E-state index in [2.05, 4.69) is 5.32 Å². The maximum atomic E-state index is 12.8. The minimum absolute atomic E-state index is 0.0744. The molecule has 1 heterocycles. The van der Waals surface area contributed by atoms with Crippen molar-refractivity contribution in [2.24, 2.45) is 5.92 Å². The summed E-state index contributed by atoms with van der Waals surface area (Å²) in [5.41, 5.74) is 1.59. The molecular weight excluding hydrogens is 400 g/mol. The second-order valence-corrected chi connectivity index (χ2v) is 7.25. The van der Waals surface area contributed by atoms with Crippen molar-refractivity contribution >= 4 is 29.4 Å². The quantitative estimate of drug-likeness (QED) is 0.685. The molecular formula is C23H24N2O6. The van der Waals surface area contributed by atoms with Crippen LogP contribution in [0.2, 0.25) is 0 Å². The highest BCUT2D eigenvalue weighted by atomic mass is 16.5. The number of benzene rings is 2. The van der Waals surface area contributed by atoms with Crippen LogP contribution in [0, 0.1) is 5.92 Å². The fourth-order valence-corrected chi connectivity index (χ4v) is 3.49. The molecule has 1 saturated heterocycles. The molecule has 0 unspecified atom stereocenters. The Labute approximate surface area is 180 Å². The molecule has 8 nitrogen and oxygen atoms in total. The third kappa shape index (κ3) is 5.48. The zero-order valence-electron chi connectivity index (χ0n) is 17.4. The highest BCUT2D eigenvalue weighted by molar-refractivity contribution is 6.01. The van der Waals surface area contributed by atoms with E-state index in [1.807, 2.05) is 30.3 Å². The lowest BCUT2D eigenvalue weighted by atomic mass is 10.1. The van der Waals surface area contributed by atoms with Gasteiger partial charge in [-0.05, 0) is 30.2 Å². The zero-order chi connectivity index (χ0) is 22.4. The largest absolute Gasteiger partial charge is 0.465 e. The van der Waals surface area contributed by atoms with Gasteiger partial charge >= 0.3 is 11.9 Å². The Morgan fingerprint density at radius 1 is 1.00 bits per heavy atom. The smallest absolute Gasteiger partial charge is 0.337 e. The molecule has 0 saturated carbocycles. The van der Waals surface area contributed by atoms with Crippen molar-refractivity contribution < 1.29 is 28.7 Å². The van der Waals surface area contributed by atoms with Gasteiger partial charge in [-0.1, -0.05) is 30.3 Å². The van der Waals surface area contributed by atoms with E-state index in [0.717, 1.165) is 5.56 Å². The van der Waals surface area contributed by atoms with Gasteiger partial charge in [0.2, 0.25) is 11.8 Å².